The van der Waals surface area contributed by atoms with E-state index >= 15 is 0 Å². The van der Waals surface area contributed by atoms with Gasteiger partial charge in [0.2, 0.25) is 0 Å². The van der Waals surface area contributed by atoms with Crippen molar-refractivity contribution in [2.24, 2.45) is 5.73 Å². The van der Waals surface area contributed by atoms with Crippen molar-refractivity contribution in [1.29, 1.82) is 0 Å². The predicted molar refractivity (Wildman–Crippen MR) is 60.7 cm³/mol. The molecule has 96 valence electrons. The number of hydrogen-bond donors (Lipinski definition) is 2. The standard InChI is InChI=1S/C12H17F2NO2/c1-8(6-12(2,15)7-16)17-9-3-4-10(13)11(14)5-9/h3-5,8,16H,6-7,15H2,1-2H3. The number of aliphatic hydroxyl groups is 1. The van der Waals surface area contributed by atoms with Crippen LogP contribution in [0.15, 0.2) is 18.2 Å². The van der Waals surface area contributed by atoms with Crippen LogP contribution in [0.5, 0.6) is 5.75 Å². The van der Waals surface area contributed by atoms with Gasteiger partial charge in [0.15, 0.2) is 11.6 Å². The fourth-order valence-electron chi connectivity index (χ4n) is 1.55. The number of ether oxygens (including phenoxy) is 1. The Morgan fingerprint density at radius 2 is 2.06 bits per heavy atom. The summed E-state index contributed by atoms with van der Waals surface area (Å²) in [6.07, 6.45) is 0.102. The zero-order valence-corrected chi connectivity index (χ0v) is 9.91. The lowest BCUT2D eigenvalue weighted by Gasteiger charge is -2.26. The van der Waals surface area contributed by atoms with Gasteiger partial charge in [0.1, 0.15) is 5.75 Å². The van der Waals surface area contributed by atoms with E-state index in [2.05, 4.69) is 0 Å². The lowest BCUT2D eigenvalue weighted by atomic mass is 9.97. The molecule has 0 aromatic heterocycles. The lowest BCUT2D eigenvalue weighted by molar-refractivity contribution is 0.133. The van der Waals surface area contributed by atoms with Gasteiger partial charge in [0.25, 0.3) is 0 Å². The van der Waals surface area contributed by atoms with Gasteiger partial charge in [-0.2, -0.15) is 0 Å². The van der Waals surface area contributed by atoms with Crippen molar-refractivity contribution in [1.82, 2.24) is 0 Å². The van der Waals surface area contributed by atoms with E-state index in [1.54, 1.807) is 13.8 Å². The molecule has 0 aliphatic carbocycles. The van der Waals surface area contributed by atoms with Gasteiger partial charge in [-0.1, -0.05) is 0 Å². The zero-order valence-electron chi connectivity index (χ0n) is 9.91. The molecule has 2 atom stereocenters. The van der Waals surface area contributed by atoms with Gasteiger partial charge in [0.05, 0.1) is 12.7 Å². The molecule has 3 N–H and O–H groups in total. The summed E-state index contributed by atoms with van der Waals surface area (Å²) in [4.78, 5) is 0. The molecule has 0 saturated heterocycles. The van der Waals surface area contributed by atoms with E-state index in [0.717, 1.165) is 12.1 Å². The average Bonchev–Trinajstić information content (AvgIpc) is 2.23. The summed E-state index contributed by atoms with van der Waals surface area (Å²) in [5.74, 6) is -1.62. The van der Waals surface area contributed by atoms with Crippen molar-refractivity contribution >= 4 is 0 Å². The second kappa shape index (κ2) is 5.42. The highest BCUT2D eigenvalue weighted by atomic mass is 19.2. The Hall–Kier alpha value is -1.20. The van der Waals surface area contributed by atoms with Gasteiger partial charge in [0, 0.05) is 18.0 Å². The fraction of sp³-hybridized carbons (Fsp3) is 0.500. The molecule has 5 heteroatoms. The maximum Gasteiger partial charge on any atom is 0.162 e. The molecule has 0 heterocycles. The molecular weight excluding hydrogens is 228 g/mol. The highest BCUT2D eigenvalue weighted by Gasteiger charge is 2.21. The zero-order chi connectivity index (χ0) is 13.1. The molecule has 0 aliphatic rings. The number of hydrogen-bond acceptors (Lipinski definition) is 3. The monoisotopic (exact) mass is 245 g/mol. The highest BCUT2D eigenvalue weighted by Crippen LogP contribution is 2.19. The number of halogens is 2. The average molecular weight is 245 g/mol. The molecule has 0 spiro atoms. The van der Waals surface area contributed by atoms with E-state index in [0.29, 0.717) is 6.42 Å². The first-order valence-electron chi connectivity index (χ1n) is 5.35. The Kier molecular flexibility index (Phi) is 4.42. The van der Waals surface area contributed by atoms with E-state index in [1.807, 2.05) is 0 Å². The van der Waals surface area contributed by atoms with Crippen LogP contribution >= 0.6 is 0 Å². The van der Waals surface area contributed by atoms with Crippen molar-refractivity contribution in [2.45, 2.75) is 31.9 Å². The van der Waals surface area contributed by atoms with Gasteiger partial charge in [-0.05, 0) is 26.0 Å². The third-order valence-electron chi connectivity index (χ3n) is 2.34. The van der Waals surface area contributed by atoms with Crippen molar-refractivity contribution in [3.63, 3.8) is 0 Å². The van der Waals surface area contributed by atoms with Crippen molar-refractivity contribution in [3.05, 3.63) is 29.8 Å². The van der Waals surface area contributed by atoms with E-state index in [4.69, 9.17) is 15.6 Å². The predicted octanol–water partition coefficient (Wildman–Crippen LogP) is 1.83. The smallest absolute Gasteiger partial charge is 0.162 e. The Labute approximate surface area is 99.2 Å². The van der Waals surface area contributed by atoms with Crippen molar-refractivity contribution < 1.29 is 18.6 Å². The number of nitrogens with two attached hydrogens (primary N) is 1. The minimum absolute atomic E-state index is 0.168. The normalized spacial score (nSPS) is 16.4. The van der Waals surface area contributed by atoms with Gasteiger partial charge < -0.3 is 15.6 Å². The van der Waals surface area contributed by atoms with E-state index in [-0.39, 0.29) is 18.5 Å². The molecule has 0 aliphatic heterocycles. The Morgan fingerprint density at radius 3 is 2.59 bits per heavy atom. The summed E-state index contributed by atoms with van der Waals surface area (Å²) >= 11 is 0. The summed E-state index contributed by atoms with van der Waals surface area (Å²) in [5.41, 5.74) is 5.01. The number of aliphatic hydroxyl groups excluding tert-OH is 1. The molecule has 1 rings (SSSR count). The molecule has 0 saturated carbocycles. The van der Waals surface area contributed by atoms with E-state index in [9.17, 15) is 8.78 Å². The fourth-order valence-corrected chi connectivity index (χ4v) is 1.55. The summed E-state index contributed by atoms with van der Waals surface area (Å²) < 4.78 is 31.0. The van der Waals surface area contributed by atoms with Crippen LogP contribution in [0.3, 0.4) is 0 Å². The quantitative estimate of drug-likeness (QED) is 0.832. The van der Waals surface area contributed by atoms with Crippen LogP contribution in [0.2, 0.25) is 0 Å². The van der Waals surface area contributed by atoms with E-state index in [1.165, 1.54) is 6.07 Å². The lowest BCUT2D eigenvalue weighted by Crippen LogP contribution is -2.43. The molecule has 0 bridgehead atoms. The van der Waals surface area contributed by atoms with Gasteiger partial charge >= 0.3 is 0 Å². The summed E-state index contributed by atoms with van der Waals surface area (Å²) in [6.45, 7) is 3.28. The molecule has 2 unspecified atom stereocenters. The maximum absolute atomic E-state index is 12.9. The first kappa shape index (κ1) is 13.9. The van der Waals surface area contributed by atoms with Crippen LogP contribution in [0.1, 0.15) is 20.3 Å². The second-order valence-electron chi connectivity index (χ2n) is 4.52. The molecule has 1 aromatic carbocycles. The maximum atomic E-state index is 12.9. The minimum Gasteiger partial charge on any atom is -0.491 e. The summed E-state index contributed by atoms with van der Waals surface area (Å²) in [5, 5.41) is 9.00. The van der Waals surface area contributed by atoms with Crippen molar-refractivity contribution in [3.8, 4) is 5.75 Å². The molecule has 17 heavy (non-hydrogen) atoms. The van der Waals surface area contributed by atoms with E-state index < -0.39 is 17.2 Å². The van der Waals surface area contributed by atoms with Gasteiger partial charge in [-0.15, -0.1) is 0 Å². The third-order valence-corrected chi connectivity index (χ3v) is 2.34. The van der Waals surface area contributed by atoms with Gasteiger partial charge in [-0.25, -0.2) is 8.78 Å². The summed E-state index contributed by atoms with van der Waals surface area (Å²) in [6, 6.07) is 3.34. The second-order valence-corrected chi connectivity index (χ2v) is 4.52. The molecule has 1 aromatic rings. The molecule has 0 amide bonds. The SMILES string of the molecule is CC(CC(C)(N)CO)Oc1ccc(F)c(F)c1. The van der Waals surface area contributed by atoms with Crippen LogP contribution in [0.25, 0.3) is 0 Å². The topological polar surface area (TPSA) is 55.5 Å². The van der Waals surface area contributed by atoms with Crippen molar-refractivity contribution in [2.75, 3.05) is 6.61 Å². The molecule has 3 nitrogen and oxygen atoms in total. The largest absolute Gasteiger partial charge is 0.491 e. The Bertz CT molecular complexity index is 383. The Balaban J connectivity index is 2.62. The molecule has 0 fully saturated rings. The first-order valence-corrected chi connectivity index (χ1v) is 5.35. The van der Waals surface area contributed by atoms with Gasteiger partial charge in [-0.3, -0.25) is 0 Å². The first-order chi connectivity index (χ1) is 7.84. The van der Waals surface area contributed by atoms with Crippen LogP contribution in [-0.2, 0) is 0 Å². The highest BCUT2D eigenvalue weighted by molar-refractivity contribution is 5.23. The van der Waals surface area contributed by atoms with Crippen LogP contribution in [0.4, 0.5) is 8.78 Å². The summed E-state index contributed by atoms with van der Waals surface area (Å²) in [7, 11) is 0. The number of benzene rings is 1. The Morgan fingerprint density at radius 1 is 1.41 bits per heavy atom. The molecular formula is C12H17F2NO2. The van der Waals surface area contributed by atoms with Crippen LogP contribution in [0, 0.1) is 11.6 Å². The third kappa shape index (κ3) is 4.28. The van der Waals surface area contributed by atoms with Crippen LogP contribution < -0.4 is 10.5 Å². The molecule has 0 radical (unpaired) electrons. The van der Waals surface area contributed by atoms with Crippen LogP contribution in [-0.4, -0.2) is 23.4 Å². The number of rotatable bonds is 5. The minimum atomic E-state index is -0.952.